The number of hydrogen-bond donors (Lipinski definition) is 0. The van der Waals surface area contributed by atoms with E-state index in [2.05, 4.69) is 0 Å². The first-order valence-electron chi connectivity index (χ1n) is 11.0. The van der Waals surface area contributed by atoms with Gasteiger partial charge in [0.15, 0.2) is 0 Å². The molecule has 1 saturated carbocycles. The average Bonchev–Trinajstić information content (AvgIpc) is 3.35. The molecule has 32 heavy (non-hydrogen) atoms. The summed E-state index contributed by atoms with van der Waals surface area (Å²) in [5.41, 5.74) is 2.26. The van der Waals surface area contributed by atoms with Crippen LogP contribution in [-0.4, -0.2) is 38.8 Å². The molecule has 3 aliphatic rings. The van der Waals surface area contributed by atoms with Crippen molar-refractivity contribution in [2.45, 2.75) is 43.5 Å². The minimum Gasteiger partial charge on any atom is -0.495 e. The number of ether oxygens (including phenoxy) is 1. The van der Waals surface area contributed by atoms with Gasteiger partial charge in [-0.15, -0.1) is 0 Å². The summed E-state index contributed by atoms with van der Waals surface area (Å²) >= 11 is 0. The van der Waals surface area contributed by atoms with Gasteiger partial charge in [0.25, 0.3) is 10.0 Å². The maximum Gasteiger partial charge on any atom is 0.268 e. The number of imide groups is 1. The number of sulfonamides is 1. The number of para-hydroxylation sites is 1. The highest BCUT2D eigenvalue weighted by molar-refractivity contribution is 7.93. The van der Waals surface area contributed by atoms with Crippen LogP contribution in [0.3, 0.4) is 0 Å². The topological polar surface area (TPSA) is 84.0 Å². The molecule has 0 aromatic heterocycles. The molecule has 2 fully saturated rings. The second-order valence-corrected chi connectivity index (χ2v) is 10.5. The zero-order chi connectivity index (χ0) is 22.5. The summed E-state index contributed by atoms with van der Waals surface area (Å²) in [4.78, 5) is 27.1. The molecular weight excluding hydrogens is 428 g/mol. The highest BCUT2D eigenvalue weighted by Crippen LogP contribution is 2.40. The number of anilines is 1. The number of nitrogens with zero attached hydrogens (tertiary/aromatic N) is 2. The predicted molar refractivity (Wildman–Crippen MR) is 119 cm³/mol. The minimum atomic E-state index is -3.88. The van der Waals surface area contributed by atoms with Gasteiger partial charge in [-0.25, -0.2) is 8.42 Å². The lowest BCUT2D eigenvalue weighted by atomic mass is 9.81. The Kier molecular flexibility index (Phi) is 5.20. The molecule has 0 spiro atoms. The van der Waals surface area contributed by atoms with E-state index in [0.29, 0.717) is 24.2 Å². The molecule has 5 rings (SSSR count). The predicted octanol–water partition coefficient (Wildman–Crippen LogP) is 3.12. The zero-order valence-corrected chi connectivity index (χ0v) is 18.8. The van der Waals surface area contributed by atoms with E-state index in [4.69, 9.17) is 4.74 Å². The Morgan fingerprint density at radius 1 is 1.00 bits per heavy atom. The molecule has 2 unspecified atom stereocenters. The summed E-state index contributed by atoms with van der Waals surface area (Å²) in [6.07, 6.45) is 4.09. The van der Waals surface area contributed by atoms with Gasteiger partial charge in [-0.05, 0) is 48.6 Å². The lowest BCUT2D eigenvalue weighted by molar-refractivity contribution is -0.140. The minimum absolute atomic E-state index is 0.0470. The summed E-state index contributed by atoms with van der Waals surface area (Å²) in [5.74, 6) is -0.467. The third-order valence-corrected chi connectivity index (χ3v) is 8.75. The van der Waals surface area contributed by atoms with Crippen LogP contribution in [0.5, 0.6) is 5.75 Å². The van der Waals surface area contributed by atoms with Gasteiger partial charge in [-0.2, -0.15) is 0 Å². The van der Waals surface area contributed by atoms with Crippen LogP contribution in [0.15, 0.2) is 47.4 Å². The molecule has 2 amide bonds. The van der Waals surface area contributed by atoms with E-state index in [-0.39, 0.29) is 40.8 Å². The van der Waals surface area contributed by atoms with E-state index in [1.54, 1.807) is 18.2 Å². The van der Waals surface area contributed by atoms with Crippen molar-refractivity contribution < 1.29 is 22.7 Å². The fraction of sp³-hybridized carbons (Fsp3) is 0.417. The van der Waals surface area contributed by atoms with Crippen molar-refractivity contribution in [2.75, 3.05) is 18.0 Å². The molecule has 0 bridgehead atoms. The second-order valence-electron chi connectivity index (χ2n) is 8.70. The van der Waals surface area contributed by atoms with Crippen LogP contribution < -0.4 is 9.04 Å². The fourth-order valence-electron chi connectivity index (χ4n) is 5.27. The van der Waals surface area contributed by atoms with Crippen LogP contribution in [-0.2, 0) is 32.6 Å². The van der Waals surface area contributed by atoms with Crippen LogP contribution >= 0.6 is 0 Å². The number of benzene rings is 2. The lowest BCUT2D eigenvalue weighted by Gasteiger charge is -2.22. The highest BCUT2D eigenvalue weighted by Gasteiger charge is 2.48. The van der Waals surface area contributed by atoms with Gasteiger partial charge in [-0.3, -0.25) is 18.8 Å². The smallest absolute Gasteiger partial charge is 0.268 e. The van der Waals surface area contributed by atoms with Gasteiger partial charge in [0.1, 0.15) is 10.6 Å². The zero-order valence-electron chi connectivity index (χ0n) is 18.0. The molecule has 2 heterocycles. The van der Waals surface area contributed by atoms with Crippen molar-refractivity contribution >= 4 is 27.5 Å². The quantitative estimate of drug-likeness (QED) is 0.648. The van der Waals surface area contributed by atoms with Gasteiger partial charge in [0.05, 0.1) is 31.2 Å². The van der Waals surface area contributed by atoms with E-state index < -0.39 is 10.0 Å². The Morgan fingerprint density at radius 2 is 1.69 bits per heavy atom. The maximum atomic E-state index is 13.6. The summed E-state index contributed by atoms with van der Waals surface area (Å²) in [5, 5.41) is 0. The number of carbonyl (C=O) groups excluding carboxylic acids is 2. The molecule has 8 heteroatoms. The molecule has 2 aromatic carbocycles. The summed E-state index contributed by atoms with van der Waals surface area (Å²) in [7, 11) is -2.44. The van der Waals surface area contributed by atoms with E-state index in [9.17, 15) is 18.0 Å². The summed E-state index contributed by atoms with van der Waals surface area (Å²) in [6.45, 7) is 0.440. The van der Waals surface area contributed by atoms with Crippen molar-refractivity contribution in [1.29, 1.82) is 0 Å². The van der Waals surface area contributed by atoms with Gasteiger partial charge >= 0.3 is 0 Å². The Hall–Kier alpha value is -2.87. The van der Waals surface area contributed by atoms with Crippen LogP contribution in [0.25, 0.3) is 0 Å². The summed E-state index contributed by atoms with van der Waals surface area (Å²) in [6, 6.07) is 12.3. The molecule has 2 aromatic rings. The standard InChI is InChI=1S/C24H26N2O5S/c1-31-21-11-10-16(15-25-23(27)18-7-3-4-8-19(18)24(25)28)14-22(21)32(29,30)26-13-12-17-6-2-5-9-20(17)26/h2,5-6,9-11,14,18-19H,3-4,7-8,12-13,15H2,1H3. The van der Waals surface area contributed by atoms with Gasteiger partial charge in [0, 0.05) is 6.54 Å². The van der Waals surface area contributed by atoms with Crippen LogP contribution in [0.4, 0.5) is 5.69 Å². The Morgan fingerprint density at radius 3 is 2.38 bits per heavy atom. The van der Waals surface area contributed by atoms with E-state index in [1.165, 1.54) is 22.4 Å². The van der Waals surface area contributed by atoms with Gasteiger partial charge in [-0.1, -0.05) is 37.1 Å². The normalized spacial score (nSPS) is 22.8. The number of carbonyl (C=O) groups is 2. The van der Waals surface area contributed by atoms with Crippen molar-refractivity contribution in [3.05, 3.63) is 53.6 Å². The maximum absolute atomic E-state index is 13.6. The van der Waals surface area contributed by atoms with Crippen molar-refractivity contribution in [3.8, 4) is 5.75 Å². The molecule has 1 saturated heterocycles. The second kappa shape index (κ2) is 7.92. The first-order chi connectivity index (χ1) is 15.4. The van der Waals surface area contributed by atoms with Crippen molar-refractivity contribution in [1.82, 2.24) is 4.90 Å². The van der Waals surface area contributed by atoms with Gasteiger partial charge < -0.3 is 4.74 Å². The molecule has 2 atom stereocenters. The molecule has 7 nitrogen and oxygen atoms in total. The summed E-state index contributed by atoms with van der Waals surface area (Å²) < 4.78 is 34.0. The third-order valence-electron chi connectivity index (χ3n) is 6.91. The van der Waals surface area contributed by atoms with E-state index in [0.717, 1.165) is 31.2 Å². The lowest BCUT2D eigenvalue weighted by Crippen LogP contribution is -2.31. The molecule has 168 valence electrons. The SMILES string of the molecule is COc1ccc(CN2C(=O)C3CCCCC3C2=O)cc1S(=O)(=O)N1CCc2ccccc21. The molecule has 0 N–H and O–H groups in total. The monoisotopic (exact) mass is 454 g/mol. The number of likely N-dealkylation sites (tertiary alicyclic amines) is 1. The average molecular weight is 455 g/mol. The fourth-order valence-corrected chi connectivity index (χ4v) is 6.98. The molecule has 2 aliphatic heterocycles. The molecular formula is C24H26N2O5S. The van der Waals surface area contributed by atoms with Crippen molar-refractivity contribution in [2.24, 2.45) is 11.8 Å². The first kappa shape index (κ1) is 21.0. The van der Waals surface area contributed by atoms with Crippen molar-refractivity contribution in [3.63, 3.8) is 0 Å². The molecule has 1 aliphatic carbocycles. The van der Waals surface area contributed by atoms with Gasteiger partial charge in [0.2, 0.25) is 11.8 Å². The number of fused-ring (bicyclic) bond motifs is 2. The third kappa shape index (κ3) is 3.28. The van der Waals surface area contributed by atoms with E-state index in [1.807, 2.05) is 18.2 Å². The highest BCUT2D eigenvalue weighted by atomic mass is 32.2. The number of rotatable bonds is 5. The van der Waals surface area contributed by atoms with E-state index >= 15 is 0 Å². The van der Waals surface area contributed by atoms with Crippen LogP contribution in [0.1, 0.15) is 36.8 Å². The van der Waals surface area contributed by atoms with Crippen LogP contribution in [0.2, 0.25) is 0 Å². The largest absolute Gasteiger partial charge is 0.495 e. The molecule has 0 radical (unpaired) electrons. The van der Waals surface area contributed by atoms with Crippen LogP contribution in [0, 0.1) is 11.8 Å². The Labute approximate surface area is 188 Å². The first-order valence-corrected chi connectivity index (χ1v) is 12.5. The Balaban J connectivity index is 1.47. The number of methoxy groups -OCH3 is 1. The Bertz CT molecular complexity index is 1170. The number of hydrogen-bond acceptors (Lipinski definition) is 5. The number of amides is 2.